The van der Waals surface area contributed by atoms with E-state index in [4.69, 9.17) is 0 Å². The Morgan fingerprint density at radius 2 is 1.07 bits per heavy atom. The molecule has 6 aromatic carbocycles. The van der Waals surface area contributed by atoms with E-state index in [9.17, 15) is 0 Å². The summed E-state index contributed by atoms with van der Waals surface area (Å²) in [4.78, 5) is 0. The first-order valence-corrected chi connectivity index (χ1v) is 14.5. The van der Waals surface area contributed by atoms with E-state index >= 15 is 0 Å². The lowest BCUT2D eigenvalue weighted by Gasteiger charge is -2.20. The predicted molar refractivity (Wildman–Crippen MR) is 178 cm³/mol. The molecule has 0 heterocycles. The van der Waals surface area contributed by atoms with Crippen molar-refractivity contribution in [1.29, 1.82) is 0 Å². The van der Waals surface area contributed by atoms with Gasteiger partial charge in [0.15, 0.2) is 0 Å². The lowest BCUT2D eigenvalue weighted by molar-refractivity contribution is 1.01. The van der Waals surface area contributed by atoms with Gasteiger partial charge in [-0.2, -0.15) is 0 Å². The summed E-state index contributed by atoms with van der Waals surface area (Å²) < 4.78 is 0. The van der Waals surface area contributed by atoms with E-state index in [2.05, 4.69) is 159 Å². The van der Waals surface area contributed by atoms with Gasteiger partial charge in [-0.15, -0.1) is 0 Å². The third kappa shape index (κ3) is 4.83. The average molecular weight is 525 g/mol. The van der Waals surface area contributed by atoms with Crippen molar-refractivity contribution < 1.29 is 0 Å². The van der Waals surface area contributed by atoms with Crippen LogP contribution in [0.4, 0.5) is 0 Å². The predicted octanol–water partition coefficient (Wildman–Crippen LogP) is 11.5. The molecule has 7 rings (SSSR count). The van der Waals surface area contributed by atoms with Crippen molar-refractivity contribution >= 4 is 32.7 Å². The van der Waals surface area contributed by atoms with Crippen molar-refractivity contribution in [2.24, 2.45) is 0 Å². The van der Waals surface area contributed by atoms with Gasteiger partial charge in [0.25, 0.3) is 0 Å². The Morgan fingerprint density at radius 1 is 0.512 bits per heavy atom. The molecule has 0 nitrogen and oxygen atoms in total. The van der Waals surface area contributed by atoms with E-state index in [0.717, 1.165) is 12.8 Å². The SMILES string of the molecule is C/C=C(/C1=CC=C(c2ccccc2)CC1)c1cc(-c2cccc3ccccc23)cc(-c2cccc3ccccc23)c1. The Morgan fingerprint density at radius 3 is 1.63 bits per heavy atom. The van der Waals surface area contributed by atoms with Gasteiger partial charge in [-0.05, 0) is 110 Å². The van der Waals surface area contributed by atoms with Gasteiger partial charge in [0.1, 0.15) is 0 Å². The zero-order valence-electron chi connectivity index (χ0n) is 23.3. The monoisotopic (exact) mass is 524 g/mol. The van der Waals surface area contributed by atoms with Crippen LogP contribution in [0.5, 0.6) is 0 Å². The van der Waals surface area contributed by atoms with Crippen LogP contribution in [0.25, 0.3) is 54.9 Å². The van der Waals surface area contributed by atoms with Crippen LogP contribution in [0, 0.1) is 0 Å². The molecule has 0 radical (unpaired) electrons. The minimum absolute atomic E-state index is 1.03. The van der Waals surface area contributed by atoms with Gasteiger partial charge < -0.3 is 0 Å². The van der Waals surface area contributed by atoms with Crippen LogP contribution in [0.1, 0.15) is 30.9 Å². The molecule has 1 aliphatic carbocycles. The van der Waals surface area contributed by atoms with Crippen LogP contribution in [0.3, 0.4) is 0 Å². The fourth-order valence-electron chi connectivity index (χ4n) is 6.34. The molecule has 1 aliphatic rings. The van der Waals surface area contributed by atoms with Gasteiger partial charge in [-0.25, -0.2) is 0 Å². The standard InChI is InChI=1S/C41H32/c1-2-37(33-24-22-30(23-25-33)29-12-4-3-5-13-29)34-26-35(40-20-10-16-31-14-6-8-18-38(31)40)28-36(27-34)41-21-11-17-32-15-7-9-19-39(32)41/h2-22,24,26-28H,23,25H2,1H3/b37-2-. The van der Waals surface area contributed by atoms with Gasteiger partial charge in [-0.1, -0.05) is 133 Å². The van der Waals surface area contributed by atoms with Crippen molar-refractivity contribution in [3.05, 3.63) is 168 Å². The van der Waals surface area contributed by atoms with Crippen molar-refractivity contribution in [2.75, 3.05) is 0 Å². The second-order valence-corrected chi connectivity index (χ2v) is 10.8. The van der Waals surface area contributed by atoms with Gasteiger partial charge >= 0.3 is 0 Å². The Bertz CT molecular complexity index is 1870. The van der Waals surface area contributed by atoms with Gasteiger partial charge in [0, 0.05) is 0 Å². The summed E-state index contributed by atoms with van der Waals surface area (Å²) in [7, 11) is 0. The molecule has 41 heavy (non-hydrogen) atoms. The molecule has 0 heteroatoms. The molecule has 196 valence electrons. The fraction of sp³-hybridized carbons (Fsp3) is 0.0732. The molecule has 0 unspecified atom stereocenters. The summed E-state index contributed by atoms with van der Waals surface area (Å²) in [5, 5.41) is 5.10. The molecule has 6 aromatic rings. The van der Waals surface area contributed by atoms with Crippen LogP contribution in [-0.4, -0.2) is 0 Å². The topological polar surface area (TPSA) is 0 Å². The van der Waals surface area contributed by atoms with E-state index in [1.807, 2.05) is 0 Å². The maximum atomic E-state index is 2.39. The first-order valence-electron chi connectivity index (χ1n) is 14.5. The lowest BCUT2D eigenvalue weighted by Crippen LogP contribution is -1.98. The fourth-order valence-corrected chi connectivity index (χ4v) is 6.34. The summed E-state index contributed by atoms with van der Waals surface area (Å²) >= 11 is 0. The van der Waals surface area contributed by atoms with E-state index in [0.29, 0.717) is 0 Å². The molecule has 0 spiro atoms. The molecule has 0 aliphatic heterocycles. The van der Waals surface area contributed by atoms with Crippen LogP contribution >= 0.6 is 0 Å². The quantitative estimate of drug-likeness (QED) is 0.210. The molecular formula is C41H32. The molecule has 0 saturated carbocycles. The lowest BCUT2D eigenvalue weighted by atomic mass is 9.84. The molecule has 0 aromatic heterocycles. The van der Waals surface area contributed by atoms with Crippen molar-refractivity contribution in [1.82, 2.24) is 0 Å². The van der Waals surface area contributed by atoms with Crippen molar-refractivity contribution in [2.45, 2.75) is 19.8 Å². The van der Waals surface area contributed by atoms with E-state index < -0.39 is 0 Å². The highest BCUT2D eigenvalue weighted by molar-refractivity contribution is 6.01. The van der Waals surface area contributed by atoms with Gasteiger partial charge in [0.2, 0.25) is 0 Å². The Kier molecular flexibility index (Phi) is 6.67. The Labute approximate surface area is 242 Å². The maximum absolute atomic E-state index is 2.39. The molecule has 0 bridgehead atoms. The summed E-state index contributed by atoms with van der Waals surface area (Å²) in [6.45, 7) is 2.18. The summed E-state index contributed by atoms with van der Waals surface area (Å²) in [6, 6.07) is 48.6. The number of benzene rings is 6. The maximum Gasteiger partial charge on any atom is -0.0105 e. The highest BCUT2D eigenvalue weighted by Crippen LogP contribution is 2.40. The van der Waals surface area contributed by atoms with Crippen LogP contribution in [-0.2, 0) is 0 Å². The minimum Gasteiger partial charge on any atom is -0.0795 e. The third-order valence-electron chi connectivity index (χ3n) is 8.37. The molecule has 0 saturated heterocycles. The zero-order chi connectivity index (χ0) is 27.6. The third-order valence-corrected chi connectivity index (χ3v) is 8.37. The molecule has 0 atom stereocenters. The number of hydrogen-bond donors (Lipinski definition) is 0. The Hall–Kier alpha value is -4.94. The highest BCUT2D eigenvalue weighted by atomic mass is 14.2. The van der Waals surface area contributed by atoms with Crippen molar-refractivity contribution in [3.8, 4) is 22.3 Å². The summed E-state index contributed by atoms with van der Waals surface area (Å²) in [5.41, 5.74) is 11.7. The number of hydrogen-bond acceptors (Lipinski definition) is 0. The average Bonchev–Trinajstić information content (AvgIpc) is 3.05. The van der Waals surface area contributed by atoms with E-state index in [1.54, 1.807) is 0 Å². The Balaban J connectivity index is 1.41. The second kappa shape index (κ2) is 10.9. The second-order valence-electron chi connectivity index (χ2n) is 10.8. The number of rotatable bonds is 5. The number of allylic oxidation sites excluding steroid dienone is 6. The van der Waals surface area contributed by atoms with E-state index in [-0.39, 0.29) is 0 Å². The van der Waals surface area contributed by atoms with Gasteiger partial charge in [-0.3, -0.25) is 0 Å². The van der Waals surface area contributed by atoms with Crippen molar-refractivity contribution in [3.63, 3.8) is 0 Å². The largest absolute Gasteiger partial charge is 0.0795 e. The summed E-state index contributed by atoms with van der Waals surface area (Å²) in [5.74, 6) is 0. The van der Waals surface area contributed by atoms with Crippen LogP contribution in [0.15, 0.2) is 157 Å². The first kappa shape index (κ1) is 25.1. The molecular weight excluding hydrogens is 492 g/mol. The normalized spacial score (nSPS) is 13.7. The summed E-state index contributed by atoms with van der Waals surface area (Å²) in [6.07, 6.45) is 9.03. The zero-order valence-corrected chi connectivity index (χ0v) is 23.3. The van der Waals surface area contributed by atoms with Crippen LogP contribution < -0.4 is 0 Å². The van der Waals surface area contributed by atoms with E-state index in [1.165, 1.54) is 71.6 Å². The first-order chi connectivity index (χ1) is 20.3. The number of fused-ring (bicyclic) bond motifs is 2. The molecule has 0 N–H and O–H groups in total. The molecule has 0 amide bonds. The smallest absolute Gasteiger partial charge is 0.0105 e. The minimum atomic E-state index is 1.03. The van der Waals surface area contributed by atoms with Gasteiger partial charge in [0.05, 0.1) is 0 Å². The highest BCUT2D eigenvalue weighted by Gasteiger charge is 2.16. The van der Waals surface area contributed by atoms with Crippen LogP contribution in [0.2, 0.25) is 0 Å². The molecule has 0 fully saturated rings.